The second-order valence-electron chi connectivity index (χ2n) is 4.09. The molecule has 0 aliphatic carbocycles. The summed E-state index contributed by atoms with van der Waals surface area (Å²) in [5.41, 5.74) is 9.62. The summed E-state index contributed by atoms with van der Waals surface area (Å²) in [5, 5.41) is 0. The molecule has 0 aliphatic heterocycles. The average Bonchev–Trinajstić information content (AvgIpc) is 2.35. The quantitative estimate of drug-likeness (QED) is 0.484. The standard InChI is InChI=1S/C12H22N4O/c1-3-5-11(17-2)10(16-14)8-9-6-4-7-15-12(9)13/h4,6-7,10-11,16H,3,5,8,14H2,1-2H3,(H2,13,15). The minimum absolute atomic E-state index is 0.0476. The average molecular weight is 238 g/mol. The van der Waals surface area contributed by atoms with Crippen molar-refractivity contribution in [2.75, 3.05) is 12.8 Å². The topological polar surface area (TPSA) is 86.2 Å². The van der Waals surface area contributed by atoms with E-state index in [0.717, 1.165) is 18.4 Å². The molecular formula is C12H22N4O. The fourth-order valence-electron chi connectivity index (χ4n) is 1.93. The lowest BCUT2D eigenvalue weighted by molar-refractivity contribution is 0.0609. The van der Waals surface area contributed by atoms with E-state index in [1.54, 1.807) is 13.3 Å². The summed E-state index contributed by atoms with van der Waals surface area (Å²) in [6.45, 7) is 2.12. The maximum absolute atomic E-state index is 5.82. The van der Waals surface area contributed by atoms with Crippen LogP contribution < -0.4 is 17.0 Å². The summed E-state index contributed by atoms with van der Waals surface area (Å²) in [6.07, 6.45) is 4.51. The fourth-order valence-corrected chi connectivity index (χ4v) is 1.93. The Hall–Kier alpha value is -1.17. The Kier molecular flexibility index (Phi) is 5.90. The van der Waals surface area contributed by atoms with Crippen LogP contribution in [0.5, 0.6) is 0 Å². The number of hydrogen-bond acceptors (Lipinski definition) is 5. The van der Waals surface area contributed by atoms with Gasteiger partial charge < -0.3 is 10.5 Å². The Morgan fingerprint density at radius 3 is 2.82 bits per heavy atom. The Labute approximate surface area is 103 Å². The molecule has 0 aliphatic rings. The predicted octanol–water partition coefficient (Wildman–Crippen LogP) is 0.853. The number of nitrogens with zero attached hydrogens (tertiary/aromatic N) is 1. The van der Waals surface area contributed by atoms with Crippen molar-refractivity contribution in [3.05, 3.63) is 23.9 Å². The second-order valence-corrected chi connectivity index (χ2v) is 4.09. The lowest BCUT2D eigenvalue weighted by Crippen LogP contribution is -2.46. The number of ether oxygens (including phenoxy) is 1. The van der Waals surface area contributed by atoms with E-state index in [4.69, 9.17) is 16.3 Å². The molecule has 1 aromatic heterocycles. The highest BCUT2D eigenvalue weighted by atomic mass is 16.5. The summed E-state index contributed by atoms with van der Waals surface area (Å²) < 4.78 is 5.45. The molecule has 17 heavy (non-hydrogen) atoms. The zero-order valence-electron chi connectivity index (χ0n) is 10.5. The zero-order chi connectivity index (χ0) is 12.7. The molecule has 0 saturated carbocycles. The molecule has 2 atom stereocenters. The fraction of sp³-hybridized carbons (Fsp3) is 0.583. The first kappa shape index (κ1) is 13.9. The van der Waals surface area contributed by atoms with E-state index in [0.29, 0.717) is 12.2 Å². The van der Waals surface area contributed by atoms with E-state index in [9.17, 15) is 0 Å². The Morgan fingerprint density at radius 1 is 1.53 bits per heavy atom. The number of anilines is 1. The zero-order valence-corrected chi connectivity index (χ0v) is 10.5. The summed E-state index contributed by atoms with van der Waals surface area (Å²) in [5.74, 6) is 6.14. The molecular weight excluding hydrogens is 216 g/mol. The van der Waals surface area contributed by atoms with Crippen LogP contribution >= 0.6 is 0 Å². The number of pyridine rings is 1. The second kappa shape index (κ2) is 7.21. The highest BCUT2D eigenvalue weighted by Crippen LogP contribution is 2.15. The lowest BCUT2D eigenvalue weighted by Gasteiger charge is -2.25. The van der Waals surface area contributed by atoms with Crippen LogP contribution in [0.1, 0.15) is 25.3 Å². The van der Waals surface area contributed by atoms with Gasteiger partial charge in [-0.3, -0.25) is 11.3 Å². The summed E-state index contributed by atoms with van der Waals surface area (Å²) >= 11 is 0. The van der Waals surface area contributed by atoms with E-state index in [2.05, 4.69) is 17.3 Å². The van der Waals surface area contributed by atoms with E-state index in [1.807, 2.05) is 12.1 Å². The Bertz CT molecular complexity index is 332. The molecule has 0 radical (unpaired) electrons. The number of nitrogens with two attached hydrogens (primary N) is 2. The lowest BCUT2D eigenvalue weighted by atomic mass is 9.99. The predicted molar refractivity (Wildman–Crippen MR) is 69.2 cm³/mol. The molecule has 5 nitrogen and oxygen atoms in total. The van der Waals surface area contributed by atoms with Crippen molar-refractivity contribution in [1.82, 2.24) is 10.4 Å². The first-order chi connectivity index (χ1) is 8.22. The van der Waals surface area contributed by atoms with Crippen LogP contribution in [0, 0.1) is 0 Å². The normalized spacial score (nSPS) is 14.5. The van der Waals surface area contributed by atoms with Crippen molar-refractivity contribution in [3.8, 4) is 0 Å². The molecule has 5 N–H and O–H groups in total. The van der Waals surface area contributed by atoms with Gasteiger partial charge in [0, 0.05) is 13.3 Å². The van der Waals surface area contributed by atoms with Crippen LogP contribution in [-0.4, -0.2) is 24.2 Å². The maximum atomic E-state index is 5.82. The number of hydrogen-bond donors (Lipinski definition) is 3. The van der Waals surface area contributed by atoms with Crippen molar-refractivity contribution in [1.29, 1.82) is 0 Å². The van der Waals surface area contributed by atoms with Gasteiger partial charge >= 0.3 is 0 Å². The van der Waals surface area contributed by atoms with Crippen LogP contribution in [0.25, 0.3) is 0 Å². The molecule has 0 aromatic carbocycles. The summed E-state index contributed by atoms with van der Waals surface area (Å²) in [7, 11) is 1.71. The van der Waals surface area contributed by atoms with Crippen molar-refractivity contribution in [3.63, 3.8) is 0 Å². The molecule has 0 bridgehead atoms. The molecule has 1 heterocycles. The van der Waals surface area contributed by atoms with E-state index >= 15 is 0 Å². The van der Waals surface area contributed by atoms with Crippen LogP contribution in [-0.2, 0) is 11.2 Å². The third-order valence-electron chi connectivity index (χ3n) is 2.90. The minimum Gasteiger partial charge on any atom is -0.383 e. The van der Waals surface area contributed by atoms with Gasteiger partial charge in [0.1, 0.15) is 5.82 Å². The van der Waals surface area contributed by atoms with Gasteiger partial charge in [-0.05, 0) is 24.5 Å². The molecule has 0 fully saturated rings. The number of methoxy groups -OCH3 is 1. The third kappa shape index (κ3) is 3.96. The van der Waals surface area contributed by atoms with Crippen LogP contribution in [0.3, 0.4) is 0 Å². The van der Waals surface area contributed by atoms with Gasteiger partial charge in [0.05, 0.1) is 12.1 Å². The van der Waals surface area contributed by atoms with Gasteiger partial charge in [-0.2, -0.15) is 0 Å². The molecule has 2 unspecified atom stereocenters. The van der Waals surface area contributed by atoms with Gasteiger partial charge in [0.15, 0.2) is 0 Å². The number of nitrogens with one attached hydrogen (secondary N) is 1. The summed E-state index contributed by atoms with van der Waals surface area (Å²) in [6, 6.07) is 3.89. The molecule has 0 spiro atoms. The third-order valence-corrected chi connectivity index (χ3v) is 2.90. The first-order valence-electron chi connectivity index (χ1n) is 5.91. The number of rotatable bonds is 7. The summed E-state index contributed by atoms with van der Waals surface area (Å²) in [4.78, 5) is 4.07. The van der Waals surface area contributed by atoms with Crippen LogP contribution in [0.4, 0.5) is 5.82 Å². The van der Waals surface area contributed by atoms with Crippen molar-refractivity contribution < 1.29 is 4.74 Å². The molecule has 96 valence electrons. The van der Waals surface area contributed by atoms with Crippen molar-refractivity contribution in [2.45, 2.75) is 38.3 Å². The Morgan fingerprint density at radius 2 is 2.29 bits per heavy atom. The van der Waals surface area contributed by atoms with E-state index in [1.165, 1.54) is 0 Å². The number of aromatic nitrogens is 1. The highest BCUT2D eigenvalue weighted by molar-refractivity contribution is 5.39. The van der Waals surface area contributed by atoms with Gasteiger partial charge in [-0.1, -0.05) is 19.4 Å². The van der Waals surface area contributed by atoms with Gasteiger partial charge in [0.25, 0.3) is 0 Å². The molecule has 5 heteroatoms. The smallest absolute Gasteiger partial charge is 0.126 e. The minimum atomic E-state index is 0.0476. The monoisotopic (exact) mass is 238 g/mol. The van der Waals surface area contributed by atoms with E-state index in [-0.39, 0.29) is 12.1 Å². The molecule has 1 rings (SSSR count). The molecule has 0 amide bonds. The van der Waals surface area contributed by atoms with Gasteiger partial charge in [-0.15, -0.1) is 0 Å². The first-order valence-corrected chi connectivity index (χ1v) is 5.91. The number of hydrazine groups is 1. The SMILES string of the molecule is CCCC(OC)C(Cc1cccnc1N)NN. The highest BCUT2D eigenvalue weighted by Gasteiger charge is 2.20. The van der Waals surface area contributed by atoms with Gasteiger partial charge in [0.2, 0.25) is 0 Å². The van der Waals surface area contributed by atoms with Crippen LogP contribution in [0.15, 0.2) is 18.3 Å². The molecule has 0 saturated heterocycles. The maximum Gasteiger partial charge on any atom is 0.126 e. The van der Waals surface area contributed by atoms with E-state index < -0.39 is 0 Å². The molecule has 1 aromatic rings. The Balaban J connectivity index is 2.72. The largest absolute Gasteiger partial charge is 0.383 e. The van der Waals surface area contributed by atoms with Gasteiger partial charge in [-0.25, -0.2) is 4.98 Å². The van der Waals surface area contributed by atoms with Crippen molar-refractivity contribution in [2.24, 2.45) is 5.84 Å². The van der Waals surface area contributed by atoms with Crippen molar-refractivity contribution >= 4 is 5.82 Å². The van der Waals surface area contributed by atoms with Crippen LogP contribution in [0.2, 0.25) is 0 Å². The number of nitrogen functional groups attached to an aromatic ring is 1.